The maximum atomic E-state index is 11.2. The molecule has 0 N–H and O–H groups in total. The highest BCUT2D eigenvalue weighted by atomic mass is 28.4. The van der Waals surface area contributed by atoms with Crippen molar-refractivity contribution in [1.29, 1.82) is 0 Å². The van der Waals surface area contributed by atoms with Crippen LogP contribution in [0, 0.1) is 5.92 Å². The molecule has 0 unspecified atom stereocenters. The first kappa shape index (κ1) is 23.9. The Kier molecular flexibility index (Phi) is 8.44. The molecular formula is C25H34O4Si. The molecule has 0 saturated heterocycles. The van der Waals surface area contributed by atoms with Crippen LogP contribution in [0.2, 0.25) is 5.04 Å². The number of hydrogen-bond acceptors (Lipinski definition) is 4. The van der Waals surface area contributed by atoms with Crippen molar-refractivity contribution in [3.05, 3.63) is 72.8 Å². The maximum absolute atomic E-state index is 11.2. The van der Waals surface area contributed by atoms with Crippen molar-refractivity contribution in [2.75, 3.05) is 13.7 Å². The minimum atomic E-state index is -2.65. The number of ether oxygens (including phenoxy) is 2. The average molecular weight is 427 g/mol. The summed E-state index contributed by atoms with van der Waals surface area (Å²) in [6.45, 7) is 11.2. The summed E-state index contributed by atoms with van der Waals surface area (Å²) in [5.74, 6) is 0.251. The molecule has 2 rings (SSSR count). The molecule has 1 atom stereocenters. The summed E-state index contributed by atoms with van der Waals surface area (Å²) >= 11 is 0. The molecular weight excluding hydrogens is 392 g/mol. The van der Waals surface area contributed by atoms with Crippen LogP contribution < -0.4 is 10.4 Å². The fourth-order valence-corrected chi connectivity index (χ4v) is 8.43. The summed E-state index contributed by atoms with van der Waals surface area (Å²) in [6.07, 6.45) is 3.03. The molecule has 0 bridgehead atoms. The second kappa shape index (κ2) is 10.6. The van der Waals surface area contributed by atoms with Crippen LogP contribution in [0.15, 0.2) is 72.8 Å². The van der Waals surface area contributed by atoms with E-state index in [0.29, 0.717) is 0 Å². The van der Waals surface area contributed by atoms with Crippen LogP contribution >= 0.6 is 0 Å². The van der Waals surface area contributed by atoms with Crippen LogP contribution in [-0.4, -0.2) is 34.3 Å². The molecule has 0 amide bonds. The van der Waals surface area contributed by atoms with Crippen molar-refractivity contribution in [3.8, 4) is 0 Å². The number of rotatable bonds is 8. The monoisotopic (exact) mass is 426 g/mol. The Hall–Kier alpha value is -2.37. The number of carbonyl (C=O) groups excluding carboxylic acids is 1. The van der Waals surface area contributed by atoms with Crippen molar-refractivity contribution >= 4 is 24.8 Å². The highest BCUT2D eigenvalue weighted by molar-refractivity contribution is 6.99. The lowest BCUT2D eigenvalue weighted by Crippen LogP contribution is -2.67. The Labute approximate surface area is 182 Å². The van der Waals surface area contributed by atoms with Gasteiger partial charge in [-0.05, 0) is 27.4 Å². The van der Waals surface area contributed by atoms with E-state index in [9.17, 15) is 4.79 Å². The van der Waals surface area contributed by atoms with Gasteiger partial charge < -0.3 is 13.9 Å². The van der Waals surface area contributed by atoms with Gasteiger partial charge in [-0.2, -0.15) is 0 Å². The summed E-state index contributed by atoms with van der Waals surface area (Å²) in [5.41, 5.74) is 0. The quantitative estimate of drug-likeness (QED) is 0.341. The number of hydrogen-bond donors (Lipinski definition) is 0. The molecule has 30 heavy (non-hydrogen) atoms. The van der Waals surface area contributed by atoms with Gasteiger partial charge in [-0.25, -0.2) is 4.79 Å². The molecule has 2 aromatic carbocycles. The van der Waals surface area contributed by atoms with Crippen LogP contribution in [0.25, 0.3) is 0 Å². The molecule has 0 spiro atoms. The van der Waals surface area contributed by atoms with Crippen LogP contribution in [0.3, 0.4) is 0 Å². The Bertz CT molecular complexity index is 771. The van der Waals surface area contributed by atoms with Gasteiger partial charge in [0.2, 0.25) is 0 Å². The standard InChI is InChI=1S/C25H34O4Si/c1-20(2)23(18-13-19-28-24(26)27-6)29-30(25(3,4)5,21-14-9-7-10-15-21)22-16-11-8-12-17-22/h7-18,20,23H,19H2,1-6H3/b18-13+/t23-/m1/s1. The second-order valence-corrected chi connectivity index (χ2v) is 12.9. The summed E-state index contributed by atoms with van der Waals surface area (Å²) in [6, 6.07) is 21.2. The Morgan fingerprint density at radius 2 is 1.47 bits per heavy atom. The summed E-state index contributed by atoms with van der Waals surface area (Å²) in [5, 5.41) is 2.39. The van der Waals surface area contributed by atoms with E-state index in [1.54, 1.807) is 0 Å². The molecule has 0 radical (unpaired) electrons. The fourth-order valence-electron chi connectivity index (χ4n) is 3.66. The minimum absolute atomic E-state index is 0.0980. The number of methoxy groups -OCH3 is 1. The van der Waals surface area contributed by atoms with Gasteiger partial charge in [0.15, 0.2) is 0 Å². The van der Waals surface area contributed by atoms with E-state index in [2.05, 4.69) is 87.9 Å². The van der Waals surface area contributed by atoms with Crippen molar-refractivity contribution < 1.29 is 18.7 Å². The van der Waals surface area contributed by atoms with E-state index in [1.807, 2.05) is 24.3 Å². The third-order valence-electron chi connectivity index (χ3n) is 5.18. The Balaban J connectivity index is 2.50. The normalized spacial score (nSPS) is 13.4. The van der Waals surface area contributed by atoms with Crippen molar-refractivity contribution in [2.45, 2.75) is 45.8 Å². The summed E-state index contributed by atoms with van der Waals surface area (Å²) in [7, 11) is -1.35. The maximum Gasteiger partial charge on any atom is 0.508 e. The predicted octanol–water partition coefficient (Wildman–Crippen LogP) is 4.93. The van der Waals surface area contributed by atoms with Crippen molar-refractivity contribution in [1.82, 2.24) is 0 Å². The lowest BCUT2D eigenvalue weighted by molar-refractivity contribution is 0.0814. The van der Waals surface area contributed by atoms with E-state index in [4.69, 9.17) is 9.16 Å². The van der Waals surface area contributed by atoms with Gasteiger partial charge in [0, 0.05) is 0 Å². The van der Waals surface area contributed by atoms with E-state index in [1.165, 1.54) is 17.5 Å². The SMILES string of the molecule is COC(=O)OC/C=C/[C@@H](O[Si](c1ccccc1)(c1ccccc1)C(C)(C)C)C(C)C. The Morgan fingerprint density at radius 1 is 0.967 bits per heavy atom. The third kappa shape index (κ3) is 5.61. The topological polar surface area (TPSA) is 44.8 Å². The first-order valence-corrected chi connectivity index (χ1v) is 12.3. The zero-order valence-electron chi connectivity index (χ0n) is 18.9. The van der Waals surface area contributed by atoms with Gasteiger partial charge in [0.05, 0.1) is 13.2 Å². The minimum Gasteiger partial charge on any atom is -0.438 e. The number of carbonyl (C=O) groups is 1. The largest absolute Gasteiger partial charge is 0.508 e. The third-order valence-corrected chi connectivity index (χ3v) is 10.2. The molecule has 0 aromatic heterocycles. The van der Waals surface area contributed by atoms with E-state index in [-0.39, 0.29) is 23.7 Å². The van der Waals surface area contributed by atoms with Gasteiger partial charge in [-0.1, -0.05) is 101 Å². The molecule has 0 saturated carbocycles. The van der Waals surface area contributed by atoms with Crippen LogP contribution in [0.1, 0.15) is 34.6 Å². The molecule has 162 valence electrons. The van der Waals surface area contributed by atoms with E-state index in [0.717, 1.165) is 0 Å². The fraction of sp³-hybridized carbons (Fsp3) is 0.400. The van der Waals surface area contributed by atoms with Crippen LogP contribution in [0.5, 0.6) is 0 Å². The Morgan fingerprint density at radius 3 is 1.87 bits per heavy atom. The molecule has 0 fully saturated rings. The highest BCUT2D eigenvalue weighted by Gasteiger charge is 2.51. The molecule has 0 aliphatic heterocycles. The molecule has 0 aliphatic rings. The zero-order chi connectivity index (χ0) is 22.2. The van der Waals surface area contributed by atoms with Gasteiger partial charge in [-0.3, -0.25) is 0 Å². The summed E-state index contributed by atoms with van der Waals surface area (Å²) in [4.78, 5) is 11.2. The van der Waals surface area contributed by atoms with E-state index < -0.39 is 14.5 Å². The molecule has 0 aliphatic carbocycles. The van der Waals surface area contributed by atoms with Gasteiger partial charge in [0.25, 0.3) is 8.32 Å². The van der Waals surface area contributed by atoms with Crippen molar-refractivity contribution in [2.24, 2.45) is 5.92 Å². The van der Waals surface area contributed by atoms with Gasteiger partial charge in [0.1, 0.15) is 6.61 Å². The lowest BCUT2D eigenvalue weighted by atomic mass is 10.1. The highest BCUT2D eigenvalue weighted by Crippen LogP contribution is 2.38. The predicted molar refractivity (Wildman–Crippen MR) is 125 cm³/mol. The van der Waals surface area contributed by atoms with Gasteiger partial charge >= 0.3 is 6.16 Å². The van der Waals surface area contributed by atoms with Gasteiger partial charge in [-0.15, -0.1) is 0 Å². The van der Waals surface area contributed by atoms with Crippen molar-refractivity contribution in [3.63, 3.8) is 0 Å². The lowest BCUT2D eigenvalue weighted by Gasteiger charge is -2.45. The average Bonchev–Trinajstić information content (AvgIpc) is 2.73. The molecule has 2 aromatic rings. The smallest absolute Gasteiger partial charge is 0.438 e. The van der Waals surface area contributed by atoms with Crippen LogP contribution in [-0.2, 0) is 13.9 Å². The molecule has 0 heterocycles. The molecule has 4 nitrogen and oxygen atoms in total. The second-order valence-electron chi connectivity index (χ2n) is 8.68. The molecule has 5 heteroatoms. The first-order chi connectivity index (χ1) is 14.2. The zero-order valence-corrected chi connectivity index (χ0v) is 19.9. The van der Waals surface area contributed by atoms with E-state index >= 15 is 0 Å². The summed E-state index contributed by atoms with van der Waals surface area (Å²) < 4.78 is 16.7. The number of benzene rings is 2. The van der Waals surface area contributed by atoms with Crippen LogP contribution in [0.4, 0.5) is 4.79 Å². The first-order valence-electron chi connectivity index (χ1n) is 10.4.